The Labute approximate surface area is 99.0 Å². The molecule has 1 unspecified atom stereocenters. The van der Waals surface area contributed by atoms with E-state index in [0.29, 0.717) is 12.6 Å². The lowest BCUT2D eigenvalue weighted by Crippen LogP contribution is -2.41. The third kappa shape index (κ3) is 7.48. The van der Waals surface area contributed by atoms with E-state index >= 15 is 0 Å². The molecule has 0 saturated carbocycles. The van der Waals surface area contributed by atoms with Crippen molar-refractivity contribution >= 4 is 5.96 Å². The maximum atomic E-state index is 5.74. The summed E-state index contributed by atoms with van der Waals surface area (Å²) in [4.78, 5) is 6.58. The second-order valence-electron chi connectivity index (χ2n) is 3.79. The summed E-state index contributed by atoms with van der Waals surface area (Å²) in [5, 5.41) is 3.07. The highest BCUT2D eigenvalue weighted by Crippen LogP contribution is 1.87. The van der Waals surface area contributed by atoms with Crippen LogP contribution in [-0.2, 0) is 4.74 Å². The smallest absolute Gasteiger partial charge is 0.188 e. The predicted octanol–water partition coefficient (Wildman–Crippen LogP) is 0.267. The summed E-state index contributed by atoms with van der Waals surface area (Å²) >= 11 is 0. The number of likely N-dealkylation sites (N-methyl/N-ethyl adjacent to an activating group) is 1. The standard InChI is InChI=1S/C11H26N4O/c1-5-15(6-2)8-7-13-11(12)14-10(3)9-16-4/h10H,5-9H2,1-4H3,(H3,12,13,14). The summed E-state index contributed by atoms with van der Waals surface area (Å²) in [6.07, 6.45) is 0. The molecule has 0 aliphatic heterocycles. The van der Waals surface area contributed by atoms with E-state index in [2.05, 4.69) is 29.1 Å². The Morgan fingerprint density at radius 3 is 2.56 bits per heavy atom. The highest BCUT2D eigenvalue weighted by Gasteiger charge is 2.01. The molecule has 0 heterocycles. The molecule has 0 aromatic carbocycles. The quantitative estimate of drug-likeness (QED) is 0.464. The van der Waals surface area contributed by atoms with Crippen LogP contribution in [0.1, 0.15) is 20.8 Å². The van der Waals surface area contributed by atoms with E-state index in [1.165, 1.54) is 0 Å². The molecule has 0 bridgehead atoms. The van der Waals surface area contributed by atoms with E-state index < -0.39 is 0 Å². The molecule has 5 heteroatoms. The van der Waals surface area contributed by atoms with Gasteiger partial charge in [-0.05, 0) is 20.0 Å². The Balaban J connectivity index is 3.77. The van der Waals surface area contributed by atoms with Crippen molar-refractivity contribution in [3.63, 3.8) is 0 Å². The number of ether oxygens (including phenoxy) is 1. The molecule has 5 nitrogen and oxygen atoms in total. The number of methoxy groups -OCH3 is 1. The van der Waals surface area contributed by atoms with E-state index in [9.17, 15) is 0 Å². The van der Waals surface area contributed by atoms with Crippen LogP contribution in [0.25, 0.3) is 0 Å². The second-order valence-corrected chi connectivity index (χ2v) is 3.79. The van der Waals surface area contributed by atoms with Crippen LogP contribution >= 0.6 is 0 Å². The number of nitrogens with one attached hydrogen (secondary N) is 1. The summed E-state index contributed by atoms with van der Waals surface area (Å²) in [5.74, 6) is 0.497. The third-order valence-electron chi connectivity index (χ3n) is 2.40. The van der Waals surface area contributed by atoms with Crippen molar-refractivity contribution in [1.29, 1.82) is 0 Å². The molecule has 1 atom stereocenters. The van der Waals surface area contributed by atoms with Crippen LogP contribution in [0.5, 0.6) is 0 Å². The monoisotopic (exact) mass is 230 g/mol. The molecular formula is C11H26N4O. The first kappa shape index (κ1) is 15.2. The Morgan fingerprint density at radius 2 is 2.06 bits per heavy atom. The first-order valence-corrected chi connectivity index (χ1v) is 5.91. The van der Waals surface area contributed by atoms with Crippen molar-refractivity contribution in [2.45, 2.75) is 26.8 Å². The van der Waals surface area contributed by atoms with Crippen molar-refractivity contribution in [2.24, 2.45) is 10.7 Å². The average molecular weight is 230 g/mol. The van der Waals surface area contributed by atoms with Crippen LogP contribution in [0.2, 0.25) is 0 Å². The third-order valence-corrected chi connectivity index (χ3v) is 2.40. The molecule has 3 N–H and O–H groups in total. The number of rotatable bonds is 8. The van der Waals surface area contributed by atoms with Crippen LogP contribution < -0.4 is 11.1 Å². The van der Waals surface area contributed by atoms with Crippen LogP contribution in [0.4, 0.5) is 0 Å². The predicted molar refractivity (Wildman–Crippen MR) is 68.8 cm³/mol. The van der Waals surface area contributed by atoms with Crippen molar-refractivity contribution in [3.8, 4) is 0 Å². The van der Waals surface area contributed by atoms with Gasteiger partial charge in [-0.15, -0.1) is 0 Å². The second kappa shape index (κ2) is 9.42. The molecule has 0 aromatic rings. The van der Waals surface area contributed by atoms with Gasteiger partial charge in [0.1, 0.15) is 0 Å². The molecule has 0 rings (SSSR count). The topological polar surface area (TPSA) is 62.9 Å². The maximum Gasteiger partial charge on any atom is 0.188 e. The molecule has 0 aliphatic carbocycles. The number of hydrogen-bond donors (Lipinski definition) is 2. The lowest BCUT2D eigenvalue weighted by atomic mass is 10.4. The van der Waals surface area contributed by atoms with Gasteiger partial charge in [0.15, 0.2) is 5.96 Å². The first-order chi connectivity index (χ1) is 7.63. The minimum absolute atomic E-state index is 0.196. The fourth-order valence-electron chi connectivity index (χ4n) is 1.44. The van der Waals surface area contributed by atoms with E-state index in [-0.39, 0.29) is 6.04 Å². The van der Waals surface area contributed by atoms with Crippen molar-refractivity contribution < 1.29 is 4.74 Å². The molecule has 0 amide bonds. The molecule has 0 radical (unpaired) electrons. The lowest BCUT2D eigenvalue weighted by Gasteiger charge is -2.17. The largest absolute Gasteiger partial charge is 0.383 e. The Hall–Kier alpha value is -0.810. The molecular weight excluding hydrogens is 204 g/mol. The Bertz CT molecular complexity index is 192. The zero-order valence-electron chi connectivity index (χ0n) is 11.0. The van der Waals surface area contributed by atoms with Crippen LogP contribution in [0.15, 0.2) is 4.99 Å². The zero-order chi connectivity index (χ0) is 12.4. The van der Waals surface area contributed by atoms with Gasteiger partial charge in [-0.1, -0.05) is 13.8 Å². The molecule has 96 valence electrons. The normalized spacial score (nSPS) is 14.2. The fourth-order valence-corrected chi connectivity index (χ4v) is 1.44. The average Bonchev–Trinajstić information content (AvgIpc) is 2.24. The number of nitrogens with zero attached hydrogens (tertiary/aromatic N) is 2. The maximum absolute atomic E-state index is 5.74. The minimum atomic E-state index is 0.196. The molecule has 0 saturated heterocycles. The summed E-state index contributed by atoms with van der Waals surface area (Å²) in [6.45, 7) is 10.7. The number of hydrogen-bond acceptors (Lipinski definition) is 3. The summed E-state index contributed by atoms with van der Waals surface area (Å²) < 4.78 is 5.00. The minimum Gasteiger partial charge on any atom is -0.383 e. The molecule has 0 fully saturated rings. The van der Waals surface area contributed by atoms with Crippen LogP contribution in [-0.4, -0.2) is 56.8 Å². The van der Waals surface area contributed by atoms with Gasteiger partial charge in [0.25, 0.3) is 0 Å². The van der Waals surface area contributed by atoms with Gasteiger partial charge in [0.05, 0.1) is 13.2 Å². The first-order valence-electron chi connectivity index (χ1n) is 5.91. The van der Waals surface area contributed by atoms with Crippen LogP contribution in [0, 0.1) is 0 Å². The van der Waals surface area contributed by atoms with Crippen LogP contribution in [0.3, 0.4) is 0 Å². The SMILES string of the molecule is CCN(CC)CCN=C(N)NC(C)COC. The number of guanidine groups is 1. The summed E-state index contributed by atoms with van der Waals surface area (Å²) in [6, 6.07) is 0.196. The van der Waals surface area contributed by atoms with Gasteiger partial charge in [0.2, 0.25) is 0 Å². The molecule has 0 spiro atoms. The van der Waals surface area contributed by atoms with Gasteiger partial charge in [-0.2, -0.15) is 0 Å². The van der Waals surface area contributed by atoms with E-state index in [4.69, 9.17) is 10.5 Å². The Kier molecular flexibility index (Phi) is 8.94. The van der Waals surface area contributed by atoms with Crippen molar-refractivity contribution in [1.82, 2.24) is 10.2 Å². The van der Waals surface area contributed by atoms with E-state index in [1.807, 2.05) is 6.92 Å². The van der Waals surface area contributed by atoms with E-state index in [1.54, 1.807) is 7.11 Å². The van der Waals surface area contributed by atoms with E-state index in [0.717, 1.165) is 26.2 Å². The van der Waals surface area contributed by atoms with Crippen molar-refractivity contribution in [3.05, 3.63) is 0 Å². The zero-order valence-corrected chi connectivity index (χ0v) is 11.0. The Morgan fingerprint density at radius 1 is 1.44 bits per heavy atom. The fraction of sp³-hybridized carbons (Fsp3) is 0.909. The van der Waals surface area contributed by atoms with Crippen molar-refractivity contribution in [2.75, 3.05) is 39.9 Å². The van der Waals surface area contributed by atoms with Gasteiger partial charge >= 0.3 is 0 Å². The molecule has 0 aliphatic rings. The van der Waals surface area contributed by atoms with Gasteiger partial charge in [0, 0.05) is 19.7 Å². The highest BCUT2D eigenvalue weighted by molar-refractivity contribution is 5.78. The van der Waals surface area contributed by atoms with Gasteiger partial charge < -0.3 is 20.7 Å². The highest BCUT2D eigenvalue weighted by atomic mass is 16.5. The lowest BCUT2D eigenvalue weighted by molar-refractivity contribution is 0.179. The van der Waals surface area contributed by atoms with Gasteiger partial charge in [-0.25, -0.2) is 0 Å². The van der Waals surface area contributed by atoms with Gasteiger partial charge in [-0.3, -0.25) is 4.99 Å². The molecule has 0 aromatic heterocycles. The summed E-state index contributed by atoms with van der Waals surface area (Å²) in [5.41, 5.74) is 5.74. The summed E-state index contributed by atoms with van der Waals surface area (Å²) in [7, 11) is 1.67. The molecule has 16 heavy (non-hydrogen) atoms. The number of aliphatic imine (C=N–C) groups is 1. The number of nitrogens with two attached hydrogens (primary N) is 1.